The predicted molar refractivity (Wildman–Crippen MR) is 106 cm³/mol. The van der Waals surface area contributed by atoms with Crippen LogP contribution in [-0.2, 0) is 13.6 Å². The number of benzene rings is 1. The Bertz CT molecular complexity index is 688. The van der Waals surface area contributed by atoms with Crippen LogP contribution in [0.4, 0.5) is 4.39 Å². The van der Waals surface area contributed by atoms with E-state index in [1.165, 1.54) is 6.07 Å². The number of hydrogen-bond acceptors (Lipinski definition) is 3. The Morgan fingerprint density at radius 3 is 2.63 bits per heavy atom. The molecular weight excluding hydrogens is 361 g/mol. The average Bonchev–Trinajstić information content (AvgIpc) is 2.51. The van der Waals surface area contributed by atoms with Gasteiger partial charge in [-0.1, -0.05) is 12.1 Å². The highest BCUT2D eigenvalue weighted by Gasteiger charge is 2.44. The first-order valence-corrected chi connectivity index (χ1v) is 12.8. The van der Waals surface area contributed by atoms with E-state index in [2.05, 4.69) is 13.1 Å². The molecule has 6 heteroatoms. The summed E-state index contributed by atoms with van der Waals surface area (Å²) in [6, 6.07) is 6.68. The molecule has 0 aliphatic carbocycles. The summed E-state index contributed by atoms with van der Waals surface area (Å²) in [5.74, 6) is -0.0799. The minimum atomic E-state index is -2.32. The van der Waals surface area contributed by atoms with Gasteiger partial charge in [0.2, 0.25) is 5.91 Å². The highest BCUT2D eigenvalue weighted by Crippen LogP contribution is 2.41. The fourth-order valence-electron chi connectivity index (χ4n) is 4.65. The lowest BCUT2D eigenvalue weighted by Gasteiger charge is -2.49. The van der Waals surface area contributed by atoms with Crippen LogP contribution >= 0.6 is 0 Å². The number of fused-ring (bicyclic) bond motifs is 1. The number of amides is 1. The number of nitrogens with zero attached hydrogens (tertiary/aromatic N) is 1. The fourth-order valence-corrected chi connectivity index (χ4v) is 7.17. The summed E-state index contributed by atoms with van der Waals surface area (Å²) in [5, 5.41) is 0. The summed E-state index contributed by atoms with van der Waals surface area (Å²) in [7, 11) is -2.32. The predicted octanol–water partition coefficient (Wildman–Crippen LogP) is 4.94. The number of rotatable bonds is 4. The highest BCUT2D eigenvalue weighted by molar-refractivity contribution is 6.64. The molecule has 1 aromatic carbocycles. The lowest BCUT2D eigenvalue weighted by molar-refractivity contribution is -0.145. The topological polar surface area (TPSA) is 38.8 Å². The van der Waals surface area contributed by atoms with E-state index in [0.29, 0.717) is 12.8 Å². The van der Waals surface area contributed by atoms with E-state index in [1.54, 1.807) is 12.1 Å². The van der Waals surface area contributed by atoms with Crippen molar-refractivity contribution < 1.29 is 18.0 Å². The number of carbonyl (C=O) groups is 1. The van der Waals surface area contributed by atoms with Gasteiger partial charge in [-0.15, -0.1) is 0 Å². The van der Waals surface area contributed by atoms with Gasteiger partial charge in [-0.05, 0) is 77.2 Å². The van der Waals surface area contributed by atoms with Crippen molar-refractivity contribution in [3.63, 3.8) is 0 Å². The molecule has 150 valence electrons. The van der Waals surface area contributed by atoms with Crippen molar-refractivity contribution in [2.75, 3.05) is 0 Å². The zero-order valence-electron chi connectivity index (χ0n) is 17.1. The van der Waals surface area contributed by atoms with E-state index in [0.717, 1.165) is 24.8 Å². The molecule has 1 aromatic rings. The van der Waals surface area contributed by atoms with Gasteiger partial charge >= 0.3 is 8.56 Å². The van der Waals surface area contributed by atoms with E-state index < -0.39 is 8.56 Å². The maximum Gasteiger partial charge on any atom is 0.332 e. The van der Waals surface area contributed by atoms with Crippen LogP contribution in [0.25, 0.3) is 0 Å². The van der Waals surface area contributed by atoms with Gasteiger partial charge in [0.25, 0.3) is 0 Å². The summed E-state index contributed by atoms with van der Waals surface area (Å²) >= 11 is 0. The summed E-state index contributed by atoms with van der Waals surface area (Å²) in [6.45, 7) is 10.3. The zero-order valence-corrected chi connectivity index (χ0v) is 18.1. The molecule has 0 aromatic heterocycles. The lowest BCUT2D eigenvalue weighted by atomic mass is 9.84. The zero-order chi connectivity index (χ0) is 19.8. The van der Waals surface area contributed by atoms with Gasteiger partial charge in [-0.25, -0.2) is 4.39 Å². The van der Waals surface area contributed by atoms with Crippen LogP contribution in [0.2, 0.25) is 13.1 Å². The van der Waals surface area contributed by atoms with Crippen LogP contribution in [0.1, 0.15) is 64.5 Å². The standard InChI is InChI=1S/C21H32FNO3Si/c1-21(2,3)26-27(4,5)25-18-13-17-10-7-11-20(24)23(17)19(14-18)15-8-6-9-16(22)12-15/h6,8-9,12,17-19H,7,10-11,13-14H2,1-5H3/t17?,18-,19+/m1/s1. The van der Waals surface area contributed by atoms with E-state index in [1.807, 2.05) is 31.7 Å². The molecule has 2 heterocycles. The summed E-state index contributed by atoms with van der Waals surface area (Å²) in [4.78, 5) is 14.6. The first-order chi connectivity index (χ1) is 12.5. The van der Waals surface area contributed by atoms with Crippen molar-refractivity contribution in [1.29, 1.82) is 0 Å². The first kappa shape index (κ1) is 20.5. The number of piperidine rings is 2. The Morgan fingerprint density at radius 1 is 1.22 bits per heavy atom. The summed E-state index contributed by atoms with van der Waals surface area (Å²) in [5.41, 5.74) is 0.610. The molecule has 4 nitrogen and oxygen atoms in total. The van der Waals surface area contributed by atoms with Crippen molar-refractivity contribution in [1.82, 2.24) is 4.90 Å². The second-order valence-electron chi connectivity index (χ2n) is 9.24. The SMILES string of the molecule is CC(C)(C)O[Si](C)(C)O[C@@H]1CC2CCCC(=O)N2[C@H](c2cccc(F)c2)C1. The smallest absolute Gasteiger partial charge is 0.332 e. The molecule has 3 rings (SSSR count). The Kier molecular flexibility index (Phi) is 5.80. The fraction of sp³-hybridized carbons (Fsp3) is 0.667. The molecule has 0 radical (unpaired) electrons. The first-order valence-electron chi connectivity index (χ1n) is 9.99. The van der Waals surface area contributed by atoms with Gasteiger partial charge < -0.3 is 13.8 Å². The summed E-state index contributed by atoms with van der Waals surface area (Å²) in [6.07, 6.45) is 4.04. The third-order valence-corrected chi connectivity index (χ3v) is 7.21. The van der Waals surface area contributed by atoms with Crippen LogP contribution in [0, 0.1) is 5.82 Å². The van der Waals surface area contributed by atoms with Crippen molar-refractivity contribution in [3.05, 3.63) is 35.6 Å². The van der Waals surface area contributed by atoms with E-state index >= 15 is 0 Å². The van der Waals surface area contributed by atoms with Crippen LogP contribution < -0.4 is 0 Å². The molecule has 2 saturated heterocycles. The molecule has 0 spiro atoms. The lowest BCUT2D eigenvalue weighted by Crippen LogP contribution is -2.54. The Hall–Kier alpha value is -1.24. The minimum absolute atomic E-state index is 0.0226. The van der Waals surface area contributed by atoms with Crippen LogP contribution in [-0.4, -0.2) is 37.1 Å². The maximum atomic E-state index is 13.8. The largest absolute Gasteiger partial charge is 0.391 e. The average molecular weight is 394 g/mol. The molecule has 27 heavy (non-hydrogen) atoms. The van der Waals surface area contributed by atoms with Gasteiger partial charge in [-0.3, -0.25) is 4.79 Å². The molecule has 1 amide bonds. The molecular formula is C21H32FNO3Si. The number of halogens is 1. The molecule has 2 aliphatic heterocycles. The summed E-state index contributed by atoms with van der Waals surface area (Å²) < 4.78 is 26.6. The van der Waals surface area contributed by atoms with Crippen LogP contribution in [0.3, 0.4) is 0 Å². The van der Waals surface area contributed by atoms with Gasteiger partial charge in [0.05, 0.1) is 17.7 Å². The Balaban J connectivity index is 1.83. The molecule has 0 N–H and O–H groups in total. The van der Waals surface area contributed by atoms with Gasteiger partial charge in [0, 0.05) is 12.5 Å². The van der Waals surface area contributed by atoms with Crippen LogP contribution in [0.15, 0.2) is 24.3 Å². The van der Waals surface area contributed by atoms with Gasteiger partial charge in [0.15, 0.2) is 0 Å². The van der Waals surface area contributed by atoms with Crippen molar-refractivity contribution in [3.8, 4) is 0 Å². The van der Waals surface area contributed by atoms with E-state index in [4.69, 9.17) is 8.85 Å². The number of hydrogen-bond donors (Lipinski definition) is 0. The monoisotopic (exact) mass is 393 g/mol. The van der Waals surface area contributed by atoms with Gasteiger partial charge in [-0.2, -0.15) is 0 Å². The second-order valence-corrected chi connectivity index (χ2v) is 12.5. The second kappa shape index (κ2) is 7.64. The molecule has 2 aliphatic rings. The minimum Gasteiger partial charge on any atom is -0.391 e. The van der Waals surface area contributed by atoms with Gasteiger partial charge in [0.1, 0.15) is 5.82 Å². The highest BCUT2D eigenvalue weighted by atomic mass is 28.4. The molecule has 2 fully saturated rings. The van der Waals surface area contributed by atoms with Crippen molar-refractivity contribution >= 4 is 14.5 Å². The number of carbonyl (C=O) groups excluding carboxylic acids is 1. The third-order valence-electron chi connectivity index (χ3n) is 5.20. The molecule has 1 unspecified atom stereocenters. The maximum absolute atomic E-state index is 13.8. The molecule has 0 saturated carbocycles. The quantitative estimate of drug-likeness (QED) is 0.680. The van der Waals surface area contributed by atoms with E-state index in [-0.39, 0.29) is 35.5 Å². The van der Waals surface area contributed by atoms with E-state index in [9.17, 15) is 9.18 Å². The molecule has 0 bridgehead atoms. The molecule has 3 atom stereocenters. The van der Waals surface area contributed by atoms with Crippen LogP contribution in [0.5, 0.6) is 0 Å². The normalized spacial score (nSPS) is 26.8. The Morgan fingerprint density at radius 2 is 1.96 bits per heavy atom. The van der Waals surface area contributed by atoms with Crippen molar-refractivity contribution in [2.24, 2.45) is 0 Å². The Labute approximate surface area is 163 Å². The van der Waals surface area contributed by atoms with Crippen molar-refractivity contribution in [2.45, 2.75) is 89.8 Å². The third kappa shape index (κ3) is 5.18.